The molecule has 3 nitrogen and oxygen atoms in total. The van der Waals surface area contributed by atoms with Crippen LogP contribution in [-0.2, 0) is 23.2 Å². The normalized spacial score (nSPS) is 29.4. The van der Waals surface area contributed by atoms with Crippen LogP contribution in [0, 0.1) is 10.6 Å². The molecule has 1 aromatic heterocycles. The Morgan fingerprint density at radius 3 is 3.00 bits per heavy atom. The van der Waals surface area contributed by atoms with Gasteiger partial charge in [0.25, 0.3) is 0 Å². The number of hydrogen-bond acceptors (Lipinski definition) is 3. The molecular formula is C16H24N2OS. The Bertz CT molecular complexity index is 550. The van der Waals surface area contributed by atoms with Crippen LogP contribution < -0.4 is 0 Å². The zero-order chi connectivity index (χ0) is 14.2. The predicted octanol–water partition coefficient (Wildman–Crippen LogP) is 4.07. The Labute approximate surface area is 126 Å². The molecule has 0 saturated heterocycles. The summed E-state index contributed by atoms with van der Waals surface area (Å²) in [5.41, 5.74) is 2.33. The number of fused-ring (bicyclic) bond motifs is 1. The van der Waals surface area contributed by atoms with E-state index in [0.29, 0.717) is 5.92 Å². The van der Waals surface area contributed by atoms with Gasteiger partial charge in [-0.1, -0.05) is 25.6 Å². The van der Waals surface area contributed by atoms with Crippen LogP contribution in [0.3, 0.4) is 0 Å². The van der Waals surface area contributed by atoms with Gasteiger partial charge >= 0.3 is 0 Å². The number of aromatic nitrogens is 2. The minimum Gasteiger partial charge on any atom is -0.367 e. The number of H-pyrrole nitrogens is 1. The van der Waals surface area contributed by atoms with Crippen molar-refractivity contribution in [3.63, 3.8) is 0 Å². The summed E-state index contributed by atoms with van der Waals surface area (Å²) in [5.74, 6) is 1.67. The summed E-state index contributed by atoms with van der Waals surface area (Å²) in [7, 11) is 0. The van der Waals surface area contributed by atoms with Crippen molar-refractivity contribution in [1.29, 1.82) is 0 Å². The summed E-state index contributed by atoms with van der Waals surface area (Å²) in [6, 6.07) is 0. The lowest BCUT2D eigenvalue weighted by Crippen LogP contribution is -2.37. The number of hydrogen-bond donors (Lipinski definition) is 1. The number of aryl methyl sites for hydroxylation is 1. The van der Waals surface area contributed by atoms with E-state index in [9.17, 15) is 0 Å². The van der Waals surface area contributed by atoms with Gasteiger partial charge in [0.2, 0.25) is 0 Å². The van der Waals surface area contributed by atoms with Gasteiger partial charge in [0.1, 0.15) is 16.1 Å². The summed E-state index contributed by atoms with van der Waals surface area (Å²) in [5, 5.41) is 0. The maximum Gasteiger partial charge on any atom is 0.140 e. The van der Waals surface area contributed by atoms with E-state index in [1.807, 2.05) is 0 Å². The minimum atomic E-state index is -0.238. The molecule has 1 saturated carbocycles. The van der Waals surface area contributed by atoms with Gasteiger partial charge in [0.15, 0.2) is 0 Å². The zero-order valence-corrected chi connectivity index (χ0v) is 13.3. The summed E-state index contributed by atoms with van der Waals surface area (Å²) < 4.78 is 7.00. The third-order valence-electron chi connectivity index (χ3n) is 4.77. The molecule has 110 valence electrons. The van der Waals surface area contributed by atoms with Gasteiger partial charge < -0.3 is 9.72 Å². The summed E-state index contributed by atoms with van der Waals surface area (Å²) in [6.45, 7) is 5.12. The van der Waals surface area contributed by atoms with E-state index in [1.54, 1.807) is 0 Å². The lowest BCUT2D eigenvalue weighted by Gasteiger charge is -2.39. The molecule has 0 amide bonds. The van der Waals surface area contributed by atoms with Crippen LogP contribution >= 0.6 is 12.2 Å². The first-order valence-electron chi connectivity index (χ1n) is 7.91. The molecule has 0 aromatic carbocycles. The lowest BCUT2D eigenvalue weighted by molar-refractivity contribution is -0.0882. The van der Waals surface area contributed by atoms with Crippen LogP contribution in [0.1, 0.15) is 63.0 Å². The molecule has 3 rings (SSSR count). The highest BCUT2D eigenvalue weighted by Crippen LogP contribution is 2.42. The minimum absolute atomic E-state index is 0.238. The first kappa shape index (κ1) is 14.2. The van der Waals surface area contributed by atoms with Crippen LogP contribution in [0.5, 0.6) is 0 Å². The van der Waals surface area contributed by atoms with Crippen LogP contribution in [0.25, 0.3) is 0 Å². The Hall–Kier alpha value is -0.740. The fraction of sp³-hybridized carbons (Fsp3) is 0.750. The van der Waals surface area contributed by atoms with E-state index in [1.165, 1.54) is 30.5 Å². The van der Waals surface area contributed by atoms with Crippen molar-refractivity contribution in [3.05, 3.63) is 21.7 Å². The largest absolute Gasteiger partial charge is 0.367 e. The van der Waals surface area contributed by atoms with Gasteiger partial charge in [-0.2, -0.15) is 0 Å². The second-order valence-electron chi connectivity index (χ2n) is 6.33. The van der Waals surface area contributed by atoms with Gasteiger partial charge in [0, 0.05) is 17.9 Å². The van der Waals surface area contributed by atoms with Crippen LogP contribution in [0.4, 0.5) is 0 Å². The van der Waals surface area contributed by atoms with Crippen molar-refractivity contribution in [2.24, 2.45) is 5.92 Å². The topological polar surface area (TPSA) is 37.9 Å². The molecule has 2 unspecified atom stereocenters. The molecule has 0 spiro atoms. The highest BCUT2D eigenvalue weighted by Gasteiger charge is 2.40. The maximum absolute atomic E-state index is 6.20. The van der Waals surface area contributed by atoms with Crippen molar-refractivity contribution in [2.45, 2.75) is 64.4 Å². The molecule has 1 N–H and O–H groups in total. The van der Waals surface area contributed by atoms with Gasteiger partial charge in [-0.15, -0.1) is 0 Å². The second-order valence-corrected chi connectivity index (χ2v) is 6.72. The molecule has 2 aliphatic carbocycles. The van der Waals surface area contributed by atoms with Crippen molar-refractivity contribution in [1.82, 2.24) is 9.97 Å². The second kappa shape index (κ2) is 5.57. The quantitative estimate of drug-likeness (QED) is 0.853. The molecule has 1 heterocycles. The molecule has 0 radical (unpaired) electrons. The van der Waals surface area contributed by atoms with Crippen molar-refractivity contribution in [2.75, 3.05) is 6.61 Å². The molecule has 2 atom stereocenters. The number of nitrogens with zero attached hydrogens (tertiary/aromatic N) is 1. The monoisotopic (exact) mass is 292 g/mol. The highest BCUT2D eigenvalue weighted by molar-refractivity contribution is 7.71. The molecule has 0 aliphatic heterocycles. The smallest absolute Gasteiger partial charge is 0.140 e. The lowest BCUT2D eigenvalue weighted by atomic mass is 9.78. The highest BCUT2D eigenvalue weighted by atomic mass is 32.1. The first-order valence-corrected chi connectivity index (χ1v) is 8.32. The van der Waals surface area contributed by atoms with E-state index >= 15 is 0 Å². The summed E-state index contributed by atoms with van der Waals surface area (Å²) in [4.78, 5) is 8.31. The van der Waals surface area contributed by atoms with Gasteiger partial charge in [-0.25, -0.2) is 4.98 Å². The van der Waals surface area contributed by atoms with E-state index in [2.05, 4.69) is 18.8 Å². The Morgan fingerprint density at radius 2 is 2.25 bits per heavy atom. The summed E-state index contributed by atoms with van der Waals surface area (Å²) in [6.07, 6.45) is 7.99. The predicted molar refractivity (Wildman–Crippen MR) is 82.4 cm³/mol. The Balaban J connectivity index is 2.03. The van der Waals surface area contributed by atoms with E-state index < -0.39 is 0 Å². The third-order valence-corrected chi connectivity index (χ3v) is 5.10. The zero-order valence-electron chi connectivity index (χ0n) is 12.5. The van der Waals surface area contributed by atoms with Crippen molar-refractivity contribution >= 4 is 12.2 Å². The Morgan fingerprint density at radius 1 is 1.40 bits per heavy atom. The molecular weight excluding hydrogens is 268 g/mol. The molecule has 2 aliphatic rings. The van der Waals surface area contributed by atoms with E-state index in [4.69, 9.17) is 21.9 Å². The van der Waals surface area contributed by atoms with Gasteiger partial charge in [-0.05, 0) is 51.4 Å². The first-order chi connectivity index (χ1) is 9.64. The molecule has 1 aromatic rings. The van der Waals surface area contributed by atoms with Crippen LogP contribution in [0.15, 0.2) is 0 Å². The molecule has 1 fully saturated rings. The summed E-state index contributed by atoms with van der Waals surface area (Å²) >= 11 is 5.51. The average Bonchev–Trinajstić information content (AvgIpc) is 2.88. The maximum atomic E-state index is 6.20. The Kier molecular flexibility index (Phi) is 3.95. The van der Waals surface area contributed by atoms with Crippen molar-refractivity contribution < 1.29 is 4.74 Å². The van der Waals surface area contributed by atoms with Gasteiger partial charge in [-0.3, -0.25) is 0 Å². The fourth-order valence-electron chi connectivity index (χ4n) is 3.87. The molecule has 20 heavy (non-hydrogen) atoms. The van der Waals surface area contributed by atoms with Crippen LogP contribution in [-0.4, -0.2) is 16.6 Å². The number of ether oxygens (including phenoxy) is 1. The van der Waals surface area contributed by atoms with Gasteiger partial charge in [0.05, 0.1) is 0 Å². The molecule has 4 heteroatoms. The number of aromatic amines is 1. The fourth-order valence-corrected chi connectivity index (χ4v) is 4.18. The van der Waals surface area contributed by atoms with E-state index in [-0.39, 0.29) is 5.60 Å². The van der Waals surface area contributed by atoms with Crippen molar-refractivity contribution in [3.8, 4) is 0 Å². The third kappa shape index (κ3) is 2.44. The SMILES string of the molecule is CCOC1(c2nc(=S)c3c([nH]2)CCC3)CCCC(C)C1. The van der Waals surface area contributed by atoms with E-state index in [0.717, 1.165) is 42.8 Å². The average molecular weight is 292 g/mol. The standard InChI is InChI=1S/C16H24N2OS/c1-3-19-16(9-5-6-11(2)10-16)15-17-13-8-4-7-12(13)14(20)18-15/h11H,3-10H2,1-2H3,(H,17,18,20). The molecule has 0 bridgehead atoms. The number of rotatable bonds is 3. The number of nitrogens with one attached hydrogen (secondary N) is 1. The van der Waals surface area contributed by atoms with Crippen LogP contribution in [0.2, 0.25) is 0 Å².